The van der Waals surface area contributed by atoms with Crippen molar-refractivity contribution in [2.24, 2.45) is 5.92 Å². The molecular weight excluding hydrogens is 268 g/mol. The molecule has 0 N–H and O–H groups in total. The van der Waals surface area contributed by atoms with Crippen molar-refractivity contribution in [2.45, 2.75) is 71.1 Å². The summed E-state index contributed by atoms with van der Waals surface area (Å²) in [6, 6.07) is 2.33. The molecule has 0 amide bonds. The molecule has 122 valence electrons. The number of unbranched alkanes of at least 4 members (excludes halogenated alkanes) is 2. The molecule has 1 aliphatic rings. The van der Waals surface area contributed by atoms with Gasteiger partial charge in [-0.1, -0.05) is 56.9 Å². The third-order valence-electron chi connectivity index (χ3n) is 4.74. The lowest BCUT2D eigenvalue weighted by atomic mass is 9.77. The molecule has 1 aliphatic carbocycles. The Morgan fingerprint density at radius 3 is 2.73 bits per heavy atom. The van der Waals surface area contributed by atoms with E-state index in [1.54, 1.807) is 6.07 Å². The molecule has 22 heavy (non-hydrogen) atoms. The molecule has 0 heterocycles. The van der Waals surface area contributed by atoms with Crippen molar-refractivity contribution in [3.8, 4) is 5.75 Å². The van der Waals surface area contributed by atoms with Gasteiger partial charge in [0.2, 0.25) is 0 Å². The zero-order chi connectivity index (χ0) is 18.2. The number of rotatable bonds is 8. The Morgan fingerprint density at radius 2 is 2.00 bits per heavy atom. The van der Waals surface area contributed by atoms with E-state index < -0.39 is 0 Å². The predicted molar refractivity (Wildman–Crippen MR) is 95.6 cm³/mol. The van der Waals surface area contributed by atoms with E-state index in [9.17, 15) is 0 Å². The molecule has 0 spiro atoms. The Hall–Kier alpha value is -1.24. The molecule has 0 aromatic heterocycles. The van der Waals surface area contributed by atoms with Gasteiger partial charge in [0.25, 0.3) is 0 Å². The monoisotopic (exact) mass is 303 g/mol. The van der Waals surface area contributed by atoms with Gasteiger partial charge in [-0.15, -0.1) is 0 Å². The maximum absolute atomic E-state index is 8.37. The summed E-state index contributed by atoms with van der Waals surface area (Å²) in [4.78, 5) is 0. The van der Waals surface area contributed by atoms with Gasteiger partial charge in [0, 0.05) is 0 Å². The van der Waals surface area contributed by atoms with Gasteiger partial charge in [-0.25, -0.2) is 0 Å². The summed E-state index contributed by atoms with van der Waals surface area (Å²) in [5.41, 5.74) is 0.875. The summed E-state index contributed by atoms with van der Waals surface area (Å²) in [6.45, 7) is 4.50. The van der Waals surface area contributed by atoms with E-state index in [-0.39, 0.29) is 23.9 Å². The fraction of sp³-hybridized carbons (Fsp3) is 0.619. The van der Waals surface area contributed by atoms with E-state index in [0.29, 0.717) is 12.5 Å². The van der Waals surface area contributed by atoms with Gasteiger partial charge in [0.15, 0.2) is 0 Å². The number of ether oxygens (including phenoxy) is 1. The fourth-order valence-electron chi connectivity index (χ4n) is 3.31. The molecule has 0 atom stereocenters. The van der Waals surface area contributed by atoms with Gasteiger partial charge in [0.05, 0.1) is 4.11 Å². The van der Waals surface area contributed by atoms with Crippen molar-refractivity contribution in [3.05, 3.63) is 41.9 Å². The molecule has 1 aromatic rings. The van der Waals surface area contributed by atoms with Gasteiger partial charge in [-0.2, -0.15) is 0 Å². The highest BCUT2D eigenvalue weighted by Crippen LogP contribution is 2.38. The minimum absolute atomic E-state index is 0.0667. The lowest BCUT2D eigenvalue weighted by Crippen LogP contribution is -2.13. The maximum atomic E-state index is 8.37. The lowest BCUT2D eigenvalue weighted by Gasteiger charge is -2.29. The van der Waals surface area contributed by atoms with Crippen molar-refractivity contribution >= 4 is 0 Å². The summed E-state index contributed by atoms with van der Waals surface area (Å²) in [5.74, 6) is 1.39. The first-order valence-electron chi connectivity index (χ1n) is 10.4. The SMILES string of the molecule is [2H]c1cc(C2CCC(CCCCC)CC2)c([2H])c([2H])c1OC/C=C/C. The van der Waals surface area contributed by atoms with Crippen LogP contribution in [0.3, 0.4) is 0 Å². The first-order valence-corrected chi connectivity index (χ1v) is 8.93. The number of hydrogen-bond donors (Lipinski definition) is 0. The van der Waals surface area contributed by atoms with Crippen molar-refractivity contribution < 1.29 is 8.85 Å². The van der Waals surface area contributed by atoms with Crippen LogP contribution in [-0.2, 0) is 0 Å². The largest absolute Gasteiger partial charge is 0.490 e. The minimum Gasteiger partial charge on any atom is -0.490 e. The summed E-state index contributed by atoms with van der Waals surface area (Å²) in [6.07, 6.45) is 13.6. The molecule has 1 saturated carbocycles. The fourth-order valence-corrected chi connectivity index (χ4v) is 3.31. The summed E-state index contributed by atoms with van der Waals surface area (Å²) in [7, 11) is 0. The maximum Gasteiger partial charge on any atom is 0.119 e. The Kier molecular flexibility index (Phi) is 5.84. The van der Waals surface area contributed by atoms with Gasteiger partial charge in [0.1, 0.15) is 12.4 Å². The summed E-state index contributed by atoms with van der Waals surface area (Å²) < 4.78 is 30.3. The van der Waals surface area contributed by atoms with Crippen LogP contribution in [-0.4, -0.2) is 6.61 Å². The molecule has 2 rings (SSSR count). The van der Waals surface area contributed by atoms with Crippen LogP contribution in [0.25, 0.3) is 0 Å². The lowest BCUT2D eigenvalue weighted by molar-refractivity contribution is 0.302. The van der Waals surface area contributed by atoms with Gasteiger partial charge < -0.3 is 4.74 Å². The van der Waals surface area contributed by atoms with Crippen LogP contribution >= 0.6 is 0 Å². The van der Waals surface area contributed by atoms with Gasteiger partial charge in [-0.05, 0) is 62.1 Å². The number of benzene rings is 1. The van der Waals surface area contributed by atoms with Crippen LogP contribution in [0.1, 0.15) is 80.8 Å². The Labute approximate surface area is 141 Å². The normalized spacial score (nSPS) is 24.0. The van der Waals surface area contributed by atoms with Crippen molar-refractivity contribution in [1.29, 1.82) is 0 Å². The molecule has 1 heteroatoms. The summed E-state index contributed by atoms with van der Waals surface area (Å²) >= 11 is 0. The number of hydrogen-bond acceptors (Lipinski definition) is 1. The van der Waals surface area contributed by atoms with Gasteiger partial charge in [-0.3, -0.25) is 0 Å². The highest BCUT2D eigenvalue weighted by molar-refractivity contribution is 5.29. The van der Waals surface area contributed by atoms with E-state index in [1.165, 1.54) is 38.5 Å². The van der Waals surface area contributed by atoms with E-state index in [0.717, 1.165) is 24.3 Å². The van der Waals surface area contributed by atoms with Crippen LogP contribution in [0.15, 0.2) is 36.3 Å². The molecule has 1 aromatic carbocycles. The van der Waals surface area contributed by atoms with E-state index in [1.807, 2.05) is 19.1 Å². The molecule has 1 fully saturated rings. The van der Waals surface area contributed by atoms with Crippen molar-refractivity contribution in [3.63, 3.8) is 0 Å². The first kappa shape index (κ1) is 13.2. The minimum atomic E-state index is 0.0667. The Bertz CT molecular complexity index is 575. The van der Waals surface area contributed by atoms with Crippen LogP contribution in [0.2, 0.25) is 0 Å². The van der Waals surface area contributed by atoms with E-state index in [2.05, 4.69) is 6.92 Å². The standard InChI is InChI=1S/C21H32O/c1-3-5-7-8-18-9-11-19(12-10-18)20-13-15-21(16-14-20)22-17-6-4-2/h4,6,13-16,18-19H,3,5,7-12,17H2,1-2H3/b6-4+/i13D,15D,16D. The molecule has 0 saturated heterocycles. The second kappa shape index (κ2) is 9.71. The smallest absolute Gasteiger partial charge is 0.119 e. The third kappa shape index (κ3) is 5.51. The van der Waals surface area contributed by atoms with Crippen molar-refractivity contribution in [1.82, 2.24) is 0 Å². The molecule has 0 radical (unpaired) electrons. The molecule has 1 nitrogen and oxygen atoms in total. The van der Waals surface area contributed by atoms with Crippen LogP contribution in [0, 0.1) is 5.92 Å². The van der Waals surface area contributed by atoms with Crippen molar-refractivity contribution in [2.75, 3.05) is 6.61 Å². The van der Waals surface area contributed by atoms with E-state index >= 15 is 0 Å². The highest BCUT2D eigenvalue weighted by Gasteiger charge is 2.21. The van der Waals surface area contributed by atoms with E-state index in [4.69, 9.17) is 8.85 Å². The molecule has 0 bridgehead atoms. The molecule has 0 aliphatic heterocycles. The second-order valence-corrected chi connectivity index (χ2v) is 6.42. The van der Waals surface area contributed by atoms with Crippen LogP contribution in [0.4, 0.5) is 0 Å². The van der Waals surface area contributed by atoms with Gasteiger partial charge >= 0.3 is 0 Å². The Balaban J connectivity index is 2.03. The topological polar surface area (TPSA) is 9.23 Å². The van der Waals surface area contributed by atoms with Crippen LogP contribution in [0.5, 0.6) is 5.75 Å². The van der Waals surface area contributed by atoms with Crippen LogP contribution < -0.4 is 4.74 Å². The molecule has 0 unspecified atom stereocenters. The first-order chi connectivity index (χ1) is 12.1. The average Bonchev–Trinajstić information content (AvgIpc) is 2.62. The molecular formula is C21H32O. The predicted octanol–water partition coefficient (Wildman–Crippen LogP) is 6.50. The quantitative estimate of drug-likeness (QED) is 0.393. The average molecular weight is 304 g/mol. The number of allylic oxidation sites excluding steroid dienone is 1. The zero-order valence-corrected chi connectivity index (χ0v) is 14.2. The highest BCUT2D eigenvalue weighted by atomic mass is 16.5. The summed E-state index contributed by atoms with van der Waals surface area (Å²) in [5, 5.41) is 0. The Morgan fingerprint density at radius 1 is 1.18 bits per heavy atom. The second-order valence-electron chi connectivity index (χ2n) is 6.42. The third-order valence-corrected chi connectivity index (χ3v) is 4.74. The zero-order valence-electron chi connectivity index (χ0n) is 17.2.